The first-order valence-electron chi connectivity index (χ1n) is 8.72. The highest BCUT2D eigenvalue weighted by molar-refractivity contribution is 9.10. The fraction of sp³-hybridized carbons (Fsp3) is 0.143. The van der Waals surface area contributed by atoms with Crippen LogP contribution in [0.1, 0.15) is 16.1 Å². The van der Waals surface area contributed by atoms with Gasteiger partial charge in [-0.2, -0.15) is 5.26 Å². The summed E-state index contributed by atoms with van der Waals surface area (Å²) in [5.74, 6) is -1.46. The maximum absolute atomic E-state index is 14.3. The molecule has 6 nitrogen and oxygen atoms in total. The Kier molecular flexibility index (Phi) is 5.83. The molecular formula is C21H17BrFN3O3S. The van der Waals surface area contributed by atoms with Crippen LogP contribution in [0, 0.1) is 24.1 Å². The highest BCUT2D eigenvalue weighted by atomic mass is 79.9. The summed E-state index contributed by atoms with van der Waals surface area (Å²) < 4.78 is 42.1. The van der Waals surface area contributed by atoms with Gasteiger partial charge < -0.3 is 4.90 Å². The molecule has 0 saturated heterocycles. The third-order valence-corrected chi connectivity index (χ3v) is 6.69. The Hall–Kier alpha value is -2.96. The number of hydrogen-bond acceptors (Lipinski definition) is 5. The van der Waals surface area contributed by atoms with E-state index in [1.165, 1.54) is 35.4 Å². The lowest BCUT2D eigenvalue weighted by Crippen LogP contribution is -2.20. The van der Waals surface area contributed by atoms with Crippen LogP contribution in [-0.4, -0.2) is 37.2 Å². The number of nitrogens with zero attached hydrogens (tertiary/aromatic N) is 3. The van der Waals surface area contributed by atoms with Crippen LogP contribution in [0.5, 0.6) is 0 Å². The smallest absolute Gasteiger partial charge is 0.268 e. The molecule has 0 saturated carbocycles. The van der Waals surface area contributed by atoms with E-state index >= 15 is 0 Å². The van der Waals surface area contributed by atoms with E-state index in [1.54, 1.807) is 32.3 Å². The quantitative estimate of drug-likeness (QED) is 0.304. The van der Waals surface area contributed by atoms with Crippen molar-refractivity contribution in [1.82, 2.24) is 8.87 Å². The third-order valence-electron chi connectivity index (χ3n) is 4.34. The second-order valence-electron chi connectivity index (χ2n) is 6.88. The van der Waals surface area contributed by atoms with Crippen molar-refractivity contribution < 1.29 is 17.6 Å². The molecule has 30 heavy (non-hydrogen) atoms. The second kappa shape index (κ2) is 8.05. The van der Waals surface area contributed by atoms with Crippen molar-refractivity contribution in [3.8, 4) is 6.07 Å². The van der Waals surface area contributed by atoms with Crippen molar-refractivity contribution in [2.24, 2.45) is 0 Å². The van der Waals surface area contributed by atoms with Gasteiger partial charge in [0.1, 0.15) is 23.2 Å². The standard InChI is InChI=1S/C21H17BrFN3O3S/c1-13-4-6-16(7-5-13)30(28,29)26-19-10-18(23)17(22)8-14(19)9-20(26)21(27)15(11-24)12-25(2)3/h4-10,12H,1-3H3. The van der Waals surface area contributed by atoms with Gasteiger partial charge in [0.15, 0.2) is 0 Å². The SMILES string of the molecule is Cc1ccc(S(=O)(=O)n2c(C(=O)C(C#N)=CN(C)C)cc3cc(Br)c(F)cc32)cc1. The van der Waals surface area contributed by atoms with Crippen molar-refractivity contribution in [2.75, 3.05) is 14.1 Å². The van der Waals surface area contributed by atoms with Crippen LogP contribution >= 0.6 is 15.9 Å². The second-order valence-corrected chi connectivity index (χ2v) is 9.53. The number of fused-ring (bicyclic) bond motifs is 1. The molecular weight excluding hydrogens is 473 g/mol. The number of aryl methyl sites for hydroxylation is 1. The largest absolute Gasteiger partial charge is 0.382 e. The van der Waals surface area contributed by atoms with Crippen LogP contribution in [0.2, 0.25) is 0 Å². The molecule has 0 amide bonds. The minimum atomic E-state index is -4.25. The summed E-state index contributed by atoms with van der Waals surface area (Å²) in [6.07, 6.45) is 1.30. The molecule has 0 N–H and O–H groups in total. The Morgan fingerprint density at radius 1 is 1.20 bits per heavy atom. The van der Waals surface area contributed by atoms with Crippen LogP contribution < -0.4 is 0 Å². The predicted octanol–water partition coefficient (Wildman–Crippen LogP) is 4.24. The first kappa shape index (κ1) is 21.7. The lowest BCUT2D eigenvalue weighted by molar-refractivity contribution is 0.103. The Labute approximate surface area is 182 Å². The predicted molar refractivity (Wildman–Crippen MR) is 115 cm³/mol. The van der Waals surface area contributed by atoms with Crippen molar-refractivity contribution in [3.05, 3.63) is 75.8 Å². The van der Waals surface area contributed by atoms with Gasteiger partial charge in [0.05, 0.1) is 14.9 Å². The molecule has 154 valence electrons. The highest BCUT2D eigenvalue weighted by Gasteiger charge is 2.28. The van der Waals surface area contributed by atoms with Gasteiger partial charge in [-0.15, -0.1) is 0 Å². The number of Topliss-reactive ketones (excluding diaryl/α,β-unsaturated/α-hetero) is 1. The zero-order valence-electron chi connectivity index (χ0n) is 16.3. The number of halogens is 2. The Bertz CT molecular complexity index is 1330. The number of carbonyl (C=O) groups excluding carboxylic acids is 1. The molecule has 3 aromatic rings. The van der Waals surface area contributed by atoms with Crippen LogP contribution in [0.15, 0.2) is 63.6 Å². The number of hydrogen-bond donors (Lipinski definition) is 0. The van der Waals surface area contributed by atoms with Crippen molar-refractivity contribution in [2.45, 2.75) is 11.8 Å². The summed E-state index contributed by atoms with van der Waals surface area (Å²) in [5, 5.41) is 9.76. The van der Waals surface area contributed by atoms with E-state index < -0.39 is 21.6 Å². The van der Waals surface area contributed by atoms with E-state index in [1.807, 2.05) is 6.92 Å². The average Bonchev–Trinajstić information content (AvgIpc) is 3.05. The van der Waals surface area contributed by atoms with E-state index in [4.69, 9.17) is 0 Å². The third kappa shape index (κ3) is 3.88. The maximum Gasteiger partial charge on any atom is 0.268 e. The van der Waals surface area contributed by atoms with Gasteiger partial charge in [0.2, 0.25) is 5.78 Å². The number of aromatic nitrogens is 1. The van der Waals surface area contributed by atoms with E-state index in [0.29, 0.717) is 5.39 Å². The van der Waals surface area contributed by atoms with Gasteiger partial charge in [0, 0.05) is 31.7 Å². The van der Waals surface area contributed by atoms with Crippen LogP contribution in [-0.2, 0) is 10.0 Å². The number of carbonyl (C=O) groups is 1. The monoisotopic (exact) mass is 489 g/mol. The summed E-state index contributed by atoms with van der Waals surface area (Å²) in [7, 11) is -0.982. The topological polar surface area (TPSA) is 83.2 Å². The summed E-state index contributed by atoms with van der Waals surface area (Å²) in [6.45, 7) is 1.81. The van der Waals surface area contributed by atoms with Crippen molar-refractivity contribution >= 4 is 42.6 Å². The molecule has 0 aliphatic heterocycles. The molecule has 3 rings (SSSR count). The molecule has 0 radical (unpaired) electrons. The average molecular weight is 490 g/mol. The zero-order chi connectivity index (χ0) is 22.2. The van der Waals surface area contributed by atoms with Crippen molar-refractivity contribution in [3.63, 3.8) is 0 Å². The number of nitriles is 1. The zero-order valence-corrected chi connectivity index (χ0v) is 18.8. The fourth-order valence-corrected chi connectivity index (χ4v) is 4.81. The molecule has 0 spiro atoms. The van der Waals surface area contributed by atoms with Crippen LogP contribution in [0.4, 0.5) is 4.39 Å². The first-order chi connectivity index (χ1) is 14.1. The summed E-state index contributed by atoms with van der Waals surface area (Å²) in [4.78, 5) is 14.5. The summed E-state index contributed by atoms with van der Waals surface area (Å²) in [6, 6.07) is 11.7. The van der Waals surface area contributed by atoms with Gasteiger partial charge >= 0.3 is 0 Å². The Morgan fingerprint density at radius 2 is 1.83 bits per heavy atom. The molecule has 0 unspecified atom stereocenters. The number of ketones is 1. The molecule has 1 heterocycles. The van der Waals surface area contributed by atoms with E-state index in [9.17, 15) is 22.9 Å². The van der Waals surface area contributed by atoms with Gasteiger partial charge in [-0.05, 0) is 47.1 Å². The molecule has 0 atom stereocenters. The summed E-state index contributed by atoms with van der Waals surface area (Å²) in [5.41, 5.74) is 0.362. The summed E-state index contributed by atoms with van der Waals surface area (Å²) >= 11 is 3.08. The first-order valence-corrected chi connectivity index (χ1v) is 11.0. The Morgan fingerprint density at radius 3 is 2.40 bits per heavy atom. The van der Waals surface area contributed by atoms with Gasteiger partial charge in [-0.1, -0.05) is 17.7 Å². The van der Waals surface area contributed by atoms with E-state index in [2.05, 4.69) is 15.9 Å². The van der Waals surface area contributed by atoms with Gasteiger partial charge in [-0.25, -0.2) is 16.8 Å². The van der Waals surface area contributed by atoms with Gasteiger partial charge in [-0.3, -0.25) is 4.79 Å². The van der Waals surface area contributed by atoms with Crippen molar-refractivity contribution in [1.29, 1.82) is 5.26 Å². The molecule has 9 heteroatoms. The minimum absolute atomic E-state index is 0.00164. The number of benzene rings is 2. The van der Waals surface area contributed by atoms with E-state index in [0.717, 1.165) is 15.6 Å². The number of allylic oxidation sites excluding steroid dienone is 1. The molecule has 0 fully saturated rings. The Balaban J connectivity index is 2.38. The lowest BCUT2D eigenvalue weighted by atomic mass is 10.1. The highest BCUT2D eigenvalue weighted by Crippen LogP contribution is 2.31. The molecule has 1 aromatic heterocycles. The molecule has 2 aromatic carbocycles. The number of rotatable bonds is 5. The van der Waals surface area contributed by atoms with Gasteiger partial charge in [0.25, 0.3) is 10.0 Å². The van der Waals surface area contributed by atoms with E-state index in [-0.39, 0.29) is 26.2 Å². The fourth-order valence-electron chi connectivity index (χ4n) is 2.95. The molecule has 0 aliphatic carbocycles. The molecule has 0 bridgehead atoms. The maximum atomic E-state index is 14.3. The van der Waals surface area contributed by atoms with Crippen LogP contribution in [0.25, 0.3) is 10.9 Å². The molecule has 0 aliphatic rings. The van der Waals surface area contributed by atoms with Crippen LogP contribution in [0.3, 0.4) is 0 Å². The minimum Gasteiger partial charge on any atom is -0.382 e. The lowest BCUT2D eigenvalue weighted by Gasteiger charge is -2.12. The normalized spacial score (nSPS) is 12.1.